The minimum atomic E-state index is 0.471. The van der Waals surface area contributed by atoms with Gasteiger partial charge < -0.3 is 4.42 Å². The number of aryl methyl sites for hydroxylation is 1. The second-order valence-electron chi connectivity index (χ2n) is 6.47. The van der Waals surface area contributed by atoms with Gasteiger partial charge in [-0.1, -0.05) is 54.6 Å². The largest absolute Gasteiger partial charge is 0.439 e. The van der Waals surface area contributed by atoms with Crippen molar-refractivity contribution in [3.8, 4) is 11.3 Å². The second kappa shape index (κ2) is 6.62. The standard InChI is InChI=1S/C21H22N2O/c1-16-8-5-6-11-18(16)19-12-7-13-23(19)15-21-22-14-20(24-21)17-9-3-2-4-10-17/h2-6,8-11,14,19H,7,12-13,15H2,1H3. The van der Waals surface area contributed by atoms with Crippen LogP contribution in [0.25, 0.3) is 11.3 Å². The Labute approximate surface area is 143 Å². The first-order valence-electron chi connectivity index (χ1n) is 8.61. The van der Waals surface area contributed by atoms with Crippen LogP contribution in [0.4, 0.5) is 0 Å². The fourth-order valence-corrected chi connectivity index (χ4v) is 3.62. The fourth-order valence-electron chi connectivity index (χ4n) is 3.62. The van der Waals surface area contributed by atoms with E-state index in [1.54, 1.807) is 0 Å². The topological polar surface area (TPSA) is 29.3 Å². The van der Waals surface area contributed by atoms with Crippen LogP contribution in [0.15, 0.2) is 65.2 Å². The van der Waals surface area contributed by atoms with Crippen LogP contribution in [0.2, 0.25) is 0 Å². The van der Waals surface area contributed by atoms with E-state index in [0.29, 0.717) is 6.04 Å². The molecule has 3 aromatic rings. The van der Waals surface area contributed by atoms with E-state index < -0.39 is 0 Å². The van der Waals surface area contributed by atoms with E-state index in [2.05, 4.69) is 53.2 Å². The smallest absolute Gasteiger partial charge is 0.209 e. The number of oxazole rings is 1. The summed E-state index contributed by atoms with van der Waals surface area (Å²) in [6.45, 7) is 4.07. The van der Waals surface area contributed by atoms with Gasteiger partial charge in [-0.3, -0.25) is 4.90 Å². The zero-order chi connectivity index (χ0) is 16.4. The van der Waals surface area contributed by atoms with Crippen molar-refractivity contribution in [1.29, 1.82) is 0 Å². The van der Waals surface area contributed by atoms with E-state index >= 15 is 0 Å². The van der Waals surface area contributed by atoms with Crippen LogP contribution in [-0.4, -0.2) is 16.4 Å². The highest BCUT2D eigenvalue weighted by atomic mass is 16.4. The van der Waals surface area contributed by atoms with Crippen molar-refractivity contribution in [3.05, 3.63) is 77.8 Å². The molecule has 1 aliphatic rings. The van der Waals surface area contributed by atoms with Gasteiger partial charge >= 0.3 is 0 Å². The average Bonchev–Trinajstić information content (AvgIpc) is 3.26. The Bertz CT molecular complexity index is 809. The van der Waals surface area contributed by atoms with Crippen LogP contribution in [0.5, 0.6) is 0 Å². The second-order valence-corrected chi connectivity index (χ2v) is 6.47. The number of hydrogen-bond acceptors (Lipinski definition) is 3. The molecule has 1 atom stereocenters. The van der Waals surface area contributed by atoms with Crippen molar-refractivity contribution >= 4 is 0 Å². The summed E-state index contributed by atoms with van der Waals surface area (Å²) in [5.41, 5.74) is 3.88. The molecule has 0 bridgehead atoms. The molecule has 24 heavy (non-hydrogen) atoms. The van der Waals surface area contributed by atoms with Crippen LogP contribution in [-0.2, 0) is 6.54 Å². The predicted octanol–water partition coefficient (Wildman–Crippen LogP) is 4.99. The zero-order valence-corrected chi connectivity index (χ0v) is 14.0. The lowest BCUT2D eigenvalue weighted by Crippen LogP contribution is -2.23. The molecule has 1 unspecified atom stereocenters. The monoisotopic (exact) mass is 318 g/mol. The molecule has 1 saturated heterocycles. The average molecular weight is 318 g/mol. The Morgan fingerprint density at radius 1 is 1.08 bits per heavy atom. The van der Waals surface area contributed by atoms with E-state index in [4.69, 9.17) is 4.42 Å². The molecule has 0 amide bonds. The molecule has 0 radical (unpaired) electrons. The van der Waals surface area contributed by atoms with E-state index in [0.717, 1.165) is 30.3 Å². The highest BCUT2D eigenvalue weighted by Gasteiger charge is 2.28. The third-order valence-corrected chi connectivity index (χ3v) is 4.86. The summed E-state index contributed by atoms with van der Waals surface area (Å²) in [6.07, 6.45) is 4.27. The van der Waals surface area contributed by atoms with Crippen molar-refractivity contribution in [1.82, 2.24) is 9.88 Å². The predicted molar refractivity (Wildman–Crippen MR) is 95.5 cm³/mol. The number of hydrogen-bond donors (Lipinski definition) is 0. The van der Waals surface area contributed by atoms with Crippen molar-refractivity contribution in [2.45, 2.75) is 32.4 Å². The fraction of sp³-hybridized carbons (Fsp3) is 0.286. The minimum absolute atomic E-state index is 0.471. The lowest BCUT2D eigenvalue weighted by Gasteiger charge is -2.24. The summed E-state index contributed by atoms with van der Waals surface area (Å²) in [4.78, 5) is 6.99. The normalized spacial score (nSPS) is 18.1. The summed E-state index contributed by atoms with van der Waals surface area (Å²) in [5.74, 6) is 1.64. The zero-order valence-electron chi connectivity index (χ0n) is 14.0. The first kappa shape index (κ1) is 15.2. The molecule has 2 heterocycles. The van der Waals surface area contributed by atoms with Crippen LogP contribution in [0.3, 0.4) is 0 Å². The van der Waals surface area contributed by atoms with Gasteiger partial charge in [0.25, 0.3) is 0 Å². The van der Waals surface area contributed by atoms with Crippen molar-refractivity contribution in [3.63, 3.8) is 0 Å². The van der Waals surface area contributed by atoms with E-state index in [-0.39, 0.29) is 0 Å². The van der Waals surface area contributed by atoms with Gasteiger partial charge in [-0.25, -0.2) is 4.98 Å². The number of likely N-dealkylation sites (tertiary alicyclic amines) is 1. The summed E-state index contributed by atoms with van der Waals surface area (Å²) < 4.78 is 5.99. The SMILES string of the molecule is Cc1ccccc1C1CCCN1Cc1ncc(-c2ccccc2)o1. The lowest BCUT2D eigenvalue weighted by molar-refractivity contribution is 0.224. The molecule has 1 fully saturated rings. The molecule has 1 aromatic heterocycles. The Morgan fingerprint density at radius 3 is 2.71 bits per heavy atom. The maximum atomic E-state index is 5.99. The van der Waals surface area contributed by atoms with Gasteiger partial charge in [-0.05, 0) is 37.4 Å². The van der Waals surface area contributed by atoms with E-state index in [9.17, 15) is 0 Å². The van der Waals surface area contributed by atoms with Gasteiger partial charge in [0.2, 0.25) is 5.89 Å². The van der Waals surface area contributed by atoms with Gasteiger partial charge in [0.1, 0.15) is 0 Å². The van der Waals surface area contributed by atoms with Crippen molar-refractivity contribution < 1.29 is 4.42 Å². The third kappa shape index (κ3) is 3.00. The Balaban J connectivity index is 1.53. The van der Waals surface area contributed by atoms with Crippen molar-refractivity contribution in [2.24, 2.45) is 0 Å². The van der Waals surface area contributed by atoms with Gasteiger partial charge in [0.05, 0.1) is 12.7 Å². The molecule has 0 N–H and O–H groups in total. The lowest BCUT2D eigenvalue weighted by atomic mass is 9.99. The molecule has 0 saturated carbocycles. The van der Waals surface area contributed by atoms with Crippen LogP contribution in [0, 0.1) is 6.92 Å². The summed E-state index contributed by atoms with van der Waals surface area (Å²) in [5, 5.41) is 0. The van der Waals surface area contributed by atoms with E-state index in [1.165, 1.54) is 24.0 Å². The van der Waals surface area contributed by atoms with Gasteiger partial charge in [0.15, 0.2) is 5.76 Å². The molecular formula is C21H22N2O. The van der Waals surface area contributed by atoms with Gasteiger partial charge in [-0.15, -0.1) is 0 Å². The molecule has 2 aromatic carbocycles. The third-order valence-electron chi connectivity index (χ3n) is 4.86. The summed E-state index contributed by atoms with van der Waals surface area (Å²) in [7, 11) is 0. The Morgan fingerprint density at radius 2 is 1.88 bits per heavy atom. The van der Waals surface area contributed by atoms with Crippen LogP contribution in [0.1, 0.15) is 35.9 Å². The highest BCUT2D eigenvalue weighted by Crippen LogP contribution is 2.34. The molecule has 0 aliphatic carbocycles. The number of nitrogens with zero attached hydrogens (tertiary/aromatic N) is 2. The quantitative estimate of drug-likeness (QED) is 0.679. The molecule has 3 nitrogen and oxygen atoms in total. The Hall–Kier alpha value is -2.39. The van der Waals surface area contributed by atoms with E-state index in [1.807, 2.05) is 24.4 Å². The number of benzene rings is 2. The minimum Gasteiger partial charge on any atom is -0.439 e. The van der Waals surface area contributed by atoms with Crippen molar-refractivity contribution in [2.75, 3.05) is 6.54 Å². The molecule has 0 spiro atoms. The van der Waals surface area contributed by atoms with Crippen LogP contribution >= 0.6 is 0 Å². The first-order chi connectivity index (χ1) is 11.8. The highest BCUT2D eigenvalue weighted by molar-refractivity contribution is 5.55. The first-order valence-corrected chi connectivity index (χ1v) is 8.61. The maximum absolute atomic E-state index is 5.99. The Kier molecular flexibility index (Phi) is 4.18. The molecule has 1 aliphatic heterocycles. The molecule has 122 valence electrons. The van der Waals surface area contributed by atoms with Gasteiger partial charge in [0, 0.05) is 11.6 Å². The maximum Gasteiger partial charge on any atom is 0.209 e. The van der Waals surface area contributed by atoms with Gasteiger partial charge in [-0.2, -0.15) is 0 Å². The number of aromatic nitrogens is 1. The molecule has 4 rings (SSSR count). The number of rotatable bonds is 4. The molecule has 3 heteroatoms. The van der Waals surface area contributed by atoms with Crippen LogP contribution < -0.4 is 0 Å². The molecular weight excluding hydrogens is 296 g/mol. The summed E-state index contributed by atoms with van der Waals surface area (Å²) >= 11 is 0. The summed E-state index contributed by atoms with van der Waals surface area (Å²) in [6, 6.07) is 19.3.